The van der Waals surface area contributed by atoms with E-state index in [1.807, 2.05) is 29.6 Å². The molecule has 0 amide bonds. The molecule has 0 saturated carbocycles. The Morgan fingerprint density at radius 2 is 1.96 bits per heavy atom. The molecule has 0 spiro atoms. The average molecular weight is 342 g/mol. The number of aromatic nitrogens is 1. The molecule has 0 radical (unpaired) electrons. The van der Waals surface area contributed by atoms with Crippen LogP contribution in [0.15, 0.2) is 53.9 Å². The lowest BCUT2D eigenvalue weighted by Crippen LogP contribution is -1.96. The fourth-order valence-electron chi connectivity index (χ4n) is 2.08. The average Bonchev–Trinajstić information content (AvgIpc) is 3.09. The molecule has 3 rings (SSSR count). The van der Waals surface area contributed by atoms with E-state index in [1.54, 1.807) is 19.2 Å². The monoisotopic (exact) mass is 342 g/mol. The third-order valence-electron chi connectivity index (χ3n) is 3.30. The Morgan fingerprint density at radius 3 is 2.67 bits per heavy atom. The zero-order valence-corrected chi connectivity index (χ0v) is 13.7. The standard InChI is InChI=1S/C17H14N2O4S/c1-22-15-7-5-12(6-8-15)17-18-13(11-24-17)10-23-16-4-2-3-14(9-16)19(20)21/h2-9,11H,10H2,1H3. The maximum Gasteiger partial charge on any atom is 0.273 e. The fourth-order valence-corrected chi connectivity index (χ4v) is 2.89. The van der Waals surface area contributed by atoms with Crippen LogP contribution in [0, 0.1) is 10.1 Å². The smallest absolute Gasteiger partial charge is 0.273 e. The second-order valence-electron chi connectivity index (χ2n) is 4.92. The number of benzene rings is 2. The van der Waals surface area contributed by atoms with E-state index in [0.29, 0.717) is 5.75 Å². The molecule has 6 nitrogen and oxygen atoms in total. The Kier molecular flexibility index (Phi) is 4.72. The molecule has 7 heteroatoms. The lowest BCUT2D eigenvalue weighted by atomic mass is 10.2. The summed E-state index contributed by atoms with van der Waals surface area (Å²) >= 11 is 1.52. The minimum Gasteiger partial charge on any atom is -0.497 e. The molecule has 24 heavy (non-hydrogen) atoms. The van der Waals surface area contributed by atoms with Crippen molar-refractivity contribution in [1.29, 1.82) is 0 Å². The van der Waals surface area contributed by atoms with Gasteiger partial charge in [-0.05, 0) is 30.3 Å². The van der Waals surface area contributed by atoms with E-state index in [1.165, 1.54) is 23.5 Å². The van der Waals surface area contributed by atoms with Crippen LogP contribution in [0.5, 0.6) is 11.5 Å². The molecule has 0 N–H and O–H groups in total. The summed E-state index contributed by atoms with van der Waals surface area (Å²) < 4.78 is 10.7. The van der Waals surface area contributed by atoms with Gasteiger partial charge in [-0.25, -0.2) is 4.98 Å². The first-order chi connectivity index (χ1) is 11.7. The van der Waals surface area contributed by atoms with E-state index >= 15 is 0 Å². The van der Waals surface area contributed by atoms with Gasteiger partial charge in [0.25, 0.3) is 5.69 Å². The molecule has 0 fully saturated rings. The van der Waals surface area contributed by atoms with Crippen molar-refractivity contribution in [3.63, 3.8) is 0 Å². The van der Waals surface area contributed by atoms with E-state index in [2.05, 4.69) is 4.98 Å². The number of rotatable bonds is 6. The first-order valence-corrected chi connectivity index (χ1v) is 8.00. The number of nitro benzene ring substituents is 1. The highest BCUT2D eigenvalue weighted by molar-refractivity contribution is 7.13. The first kappa shape index (κ1) is 15.9. The van der Waals surface area contributed by atoms with Gasteiger partial charge in [-0.15, -0.1) is 11.3 Å². The molecular weight excluding hydrogens is 328 g/mol. The van der Waals surface area contributed by atoms with Gasteiger partial charge in [0.2, 0.25) is 0 Å². The summed E-state index contributed by atoms with van der Waals surface area (Å²) in [5.41, 5.74) is 1.78. The van der Waals surface area contributed by atoms with Crippen molar-refractivity contribution in [2.24, 2.45) is 0 Å². The molecule has 0 atom stereocenters. The van der Waals surface area contributed by atoms with E-state index < -0.39 is 4.92 Å². The quantitative estimate of drug-likeness (QED) is 0.493. The zero-order valence-electron chi connectivity index (χ0n) is 12.8. The van der Waals surface area contributed by atoms with Gasteiger partial charge in [0.15, 0.2) is 0 Å². The van der Waals surface area contributed by atoms with Crippen molar-refractivity contribution in [3.05, 3.63) is 69.7 Å². The van der Waals surface area contributed by atoms with Crippen molar-refractivity contribution in [2.45, 2.75) is 6.61 Å². The summed E-state index contributed by atoms with van der Waals surface area (Å²) in [6, 6.07) is 13.8. The van der Waals surface area contributed by atoms with Crippen LogP contribution in [-0.4, -0.2) is 17.0 Å². The number of nitro groups is 1. The summed E-state index contributed by atoms with van der Waals surface area (Å²) in [7, 11) is 1.63. The number of hydrogen-bond acceptors (Lipinski definition) is 6. The molecule has 0 unspecified atom stereocenters. The highest BCUT2D eigenvalue weighted by Gasteiger charge is 2.08. The van der Waals surface area contributed by atoms with Crippen LogP contribution < -0.4 is 9.47 Å². The van der Waals surface area contributed by atoms with Crippen LogP contribution in [0.1, 0.15) is 5.69 Å². The molecule has 0 bridgehead atoms. The number of ether oxygens (including phenoxy) is 2. The third-order valence-corrected chi connectivity index (χ3v) is 4.24. The van der Waals surface area contributed by atoms with Gasteiger partial charge in [0, 0.05) is 17.0 Å². The molecular formula is C17H14N2O4S. The number of thiazole rings is 1. The number of methoxy groups -OCH3 is 1. The molecule has 122 valence electrons. The molecule has 0 aliphatic rings. The lowest BCUT2D eigenvalue weighted by Gasteiger charge is -2.03. The van der Waals surface area contributed by atoms with E-state index in [9.17, 15) is 10.1 Å². The number of nitrogens with zero attached hydrogens (tertiary/aromatic N) is 2. The molecule has 1 heterocycles. The Balaban J connectivity index is 1.67. The zero-order chi connectivity index (χ0) is 16.9. The van der Waals surface area contributed by atoms with Crippen LogP contribution in [0.2, 0.25) is 0 Å². The summed E-state index contributed by atoms with van der Waals surface area (Å²) in [6.45, 7) is 0.258. The fraction of sp³-hybridized carbons (Fsp3) is 0.118. The Morgan fingerprint density at radius 1 is 1.17 bits per heavy atom. The minimum absolute atomic E-state index is 0.00435. The van der Waals surface area contributed by atoms with E-state index in [4.69, 9.17) is 9.47 Å². The van der Waals surface area contributed by atoms with Crippen molar-refractivity contribution in [1.82, 2.24) is 4.98 Å². The van der Waals surface area contributed by atoms with Gasteiger partial charge in [0.05, 0.1) is 23.8 Å². The molecule has 0 aliphatic carbocycles. The third kappa shape index (κ3) is 3.69. The predicted molar refractivity (Wildman–Crippen MR) is 91.5 cm³/mol. The van der Waals surface area contributed by atoms with Gasteiger partial charge in [-0.3, -0.25) is 10.1 Å². The molecule has 0 aliphatic heterocycles. The normalized spacial score (nSPS) is 10.4. The number of non-ortho nitro benzene ring substituents is 1. The number of hydrogen-bond donors (Lipinski definition) is 0. The minimum atomic E-state index is -0.447. The van der Waals surface area contributed by atoms with Crippen LogP contribution in [0.25, 0.3) is 10.6 Å². The van der Waals surface area contributed by atoms with Crippen molar-refractivity contribution >= 4 is 17.0 Å². The molecule has 0 saturated heterocycles. The molecule has 3 aromatic rings. The Hall–Kier alpha value is -2.93. The summed E-state index contributed by atoms with van der Waals surface area (Å²) in [4.78, 5) is 14.8. The van der Waals surface area contributed by atoms with Crippen molar-refractivity contribution in [3.8, 4) is 22.1 Å². The largest absolute Gasteiger partial charge is 0.497 e. The van der Waals surface area contributed by atoms with Crippen molar-refractivity contribution < 1.29 is 14.4 Å². The Labute approximate surface area is 142 Å². The van der Waals surface area contributed by atoms with E-state index in [-0.39, 0.29) is 12.3 Å². The first-order valence-electron chi connectivity index (χ1n) is 7.12. The SMILES string of the molecule is COc1ccc(-c2nc(COc3cccc([N+](=O)[O-])c3)cs2)cc1. The van der Waals surface area contributed by atoms with Crippen LogP contribution >= 0.6 is 11.3 Å². The second kappa shape index (κ2) is 7.10. The summed E-state index contributed by atoms with van der Waals surface area (Å²) in [6.07, 6.45) is 0. The van der Waals surface area contributed by atoms with Gasteiger partial charge in [-0.1, -0.05) is 6.07 Å². The predicted octanol–water partition coefficient (Wildman–Crippen LogP) is 4.31. The summed E-state index contributed by atoms with van der Waals surface area (Å²) in [5, 5.41) is 13.6. The van der Waals surface area contributed by atoms with Gasteiger partial charge in [-0.2, -0.15) is 0 Å². The molecule has 1 aromatic heterocycles. The molecule has 2 aromatic carbocycles. The maximum atomic E-state index is 10.8. The van der Waals surface area contributed by atoms with Crippen molar-refractivity contribution in [2.75, 3.05) is 7.11 Å². The van der Waals surface area contributed by atoms with Crippen LogP contribution in [-0.2, 0) is 6.61 Å². The maximum absolute atomic E-state index is 10.8. The van der Waals surface area contributed by atoms with Gasteiger partial charge < -0.3 is 9.47 Å². The highest BCUT2D eigenvalue weighted by Crippen LogP contribution is 2.26. The topological polar surface area (TPSA) is 74.5 Å². The van der Waals surface area contributed by atoms with Gasteiger partial charge in [0.1, 0.15) is 23.1 Å². The lowest BCUT2D eigenvalue weighted by molar-refractivity contribution is -0.384. The Bertz CT molecular complexity index is 846. The summed E-state index contributed by atoms with van der Waals surface area (Å²) in [5.74, 6) is 1.24. The van der Waals surface area contributed by atoms with E-state index in [0.717, 1.165) is 22.0 Å². The van der Waals surface area contributed by atoms with Crippen LogP contribution in [0.4, 0.5) is 5.69 Å². The highest BCUT2D eigenvalue weighted by atomic mass is 32.1. The van der Waals surface area contributed by atoms with Gasteiger partial charge >= 0.3 is 0 Å². The van der Waals surface area contributed by atoms with Crippen LogP contribution in [0.3, 0.4) is 0 Å². The second-order valence-corrected chi connectivity index (χ2v) is 5.77.